The molecule has 4 N–H and O–H groups in total. The summed E-state index contributed by atoms with van der Waals surface area (Å²) in [6, 6.07) is 1.33. The lowest BCUT2D eigenvalue weighted by Gasteiger charge is -2.16. The molecule has 7 nitrogen and oxygen atoms in total. The van der Waals surface area contributed by atoms with Crippen molar-refractivity contribution in [2.75, 3.05) is 6.61 Å². The Labute approximate surface area is 116 Å². The Morgan fingerprint density at radius 2 is 2.00 bits per heavy atom. The summed E-state index contributed by atoms with van der Waals surface area (Å²) in [6.45, 7) is 2.79. The second kappa shape index (κ2) is 6.21. The highest BCUT2D eigenvalue weighted by Crippen LogP contribution is 2.25. The largest absolute Gasteiger partial charge is 0.507 e. The number of phenols is 1. The van der Waals surface area contributed by atoms with E-state index in [0.717, 1.165) is 12.1 Å². The van der Waals surface area contributed by atoms with Gasteiger partial charge in [0.1, 0.15) is 11.3 Å². The van der Waals surface area contributed by atoms with Gasteiger partial charge in [0, 0.05) is 6.04 Å². The molecule has 1 atom stereocenters. The highest BCUT2D eigenvalue weighted by atomic mass is 32.2. The fraction of sp³-hybridized carbons (Fsp3) is 0.417. The monoisotopic (exact) mass is 303 g/mol. The van der Waals surface area contributed by atoms with Crippen molar-refractivity contribution >= 4 is 16.0 Å². The van der Waals surface area contributed by atoms with Crippen LogP contribution in [0.1, 0.15) is 29.3 Å². The molecule has 0 aliphatic carbocycles. The number of aliphatic hydroxyl groups excluding tert-OH is 1. The van der Waals surface area contributed by atoms with E-state index < -0.39 is 33.3 Å². The molecular weight excluding hydrogens is 286 g/mol. The summed E-state index contributed by atoms with van der Waals surface area (Å²) in [6.07, 6.45) is 0.388. The van der Waals surface area contributed by atoms with Crippen molar-refractivity contribution < 1.29 is 28.5 Å². The summed E-state index contributed by atoms with van der Waals surface area (Å²) < 4.78 is 26.6. The van der Waals surface area contributed by atoms with E-state index in [9.17, 15) is 18.3 Å². The zero-order valence-electron chi connectivity index (χ0n) is 11.1. The standard InChI is InChI=1S/C12H17NO6S/c1-3-8(6-14)13-20(18,19)11-5-9(12(16)17)10(15)4-7(11)2/h4-5,8,13-15H,3,6H2,1-2H3,(H,16,17)/t8-/m1/s1. The van der Waals surface area contributed by atoms with Gasteiger partial charge in [-0.25, -0.2) is 17.9 Å². The quantitative estimate of drug-likeness (QED) is 0.605. The summed E-state index contributed by atoms with van der Waals surface area (Å²) >= 11 is 0. The molecule has 0 bridgehead atoms. The fourth-order valence-electron chi connectivity index (χ4n) is 1.67. The van der Waals surface area contributed by atoms with Gasteiger partial charge in [0.25, 0.3) is 0 Å². The molecule has 0 aromatic heterocycles. The van der Waals surface area contributed by atoms with Gasteiger partial charge in [-0.1, -0.05) is 6.92 Å². The number of carbonyl (C=O) groups is 1. The molecule has 0 amide bonds. The number of carboxylic acid groups (broad SMARTS) is 1. The Bertz CT molecular complexity index is 607. The number of carboxylic acids is 1. The molecule has 20 heavy (non-hydrogen) atoms. The molecule has 1 aromatic carbocycles. The van der Waals surface area contributed by atoms with Crippen molar-refractivity contribution in [2.45, 2.75) is 31.2 Å². The third-order valence-corrected chi connectivity index (χ3v) is 4.51. The normalized spacial score (nSPS) is 13.2. The Morgan fingerprint density at radius 1 is 1.40 bits per heavy atom. The molecule has 0 heterocycles. The number of nitrogens with one attached hydrogen (secondary N) is 1. The van der Waals surface area contributed by atoms with Gasteiger partial charge in [0.15, 0.2) is 0 Å². The van der Waals surface area contributed by atoms with Crippen LogP contribution in [0.4, 0.5) is 0 Å². The number of aliphatic hydroxyl groups is 1. The first-order chi connectivity index (χ1) is 9.22. The number of sulfonamides is 1. The SMILES string of the molecule is CC[C@H](CO)NS(=O)(=O)c1cc(C(=O)O)c(O)cc1C. The molecule has 0 radical (unpaired) electrons. The van der Waals surface area contributed by atoms with Crippen molar-refractivity contribution in [3.63, 3.8) is 0 Å². The molecule has 1 aromatic rings. The Kier molecular flexibility index (Phi) is 5.09. The van der Waals surface area contributed by atoms with Gasteiger partial charge in [0.2, 0.25) is 10.0 Å². The third-order valence-electron chi connectivity index (χ3n) is 2.85. The van der Waals surface area contributed by atoms with E-state index in [1.165, 1.54) is 6.92 Å². The van der Waals surface area contributed by atoms with Crippen LogP contribution in [0.5, 0.6) is 5.75 Å². The number of hydrogen-bond acceptors (Lipinski definition) is 5. The fourth-order valence-corrected chi connectivity index (χ4v) is 3.23. The van der Waals surface area contributed by atoms with Crippen LogP contribution in [0.3, 0.4) is 0 Å². The average molecular weight is 303 g/mol. The second-order valence-corrected chi connectivity index (χ2v) is 6.03. The first-order valence-corrected chi connectivity index (χ1v) is 7.41. The van der Waals surface area contributed by atoms with Crippen molar-refractivity contribution in [2.24, 2.45) is 0 Å². The number of rotatable bonds is 6. The first kappa shape index (κ1) is 16.4. The van der Waals surface area contributed by atoms with E-state index in [-0.39, 0.29) is 17.1 Å². The molecular formula is C12H17NO6S. The lowest BCUT2D eigenvalue weighted by atomic mass is 10.1. The van der Waals surface area contributed by atoms with Crippen molar-refractivity contribution in [1.29, 1.82) is 0 Å². The molecule has 0 spiro atoms. The van der Waals surface area contributed by atoms with Crippen LogP contribution in [0, 0.1) is 6.92 Å². The zero-order valence-corrected chi connectivity index (χ0v) is 11.9. The van der Waals surface area contributed by atoms with Crippen LogP contribution < -0.4 is 4.72 Å². The minimum Gasteiger partial charge on any atom is -0.507 e. The number of aromatic hydroxyl groups is 1. The summed E-state index contributed by atoms with van der Waals surface area (Å²) in [4.78, 5) is 10.7. The number of aromatic carboxylic acids is 1. The van der Waals surface area contributed by atoms with Gasteiger partial charge >= 0.3 is 5.97 Å². The number of benzene rings is 1. The van der Waals surface area contributed by atoms with Gasteiger partial charge in [-0.15, -0.1) is 0 Å². The summed E-state index contributed by atoms with van der Waals surface area (Å²) in [5.41, 5.74) is -0.277. The van der Waals surface area contributed by atoms with Crippen LogP contribution in [0.2, 0.25) is 0 Å². The van der Waals surface area contributed by atoms with Crippen LogP contribution in [-0.2, 0) is 10.0 Å². The van der Waals surface area contributed by atoms with E-state index in [0.29, 0.717) is 6.42 Å². The maximum atomic E-state index is 12.2. The smallest absolute Gasteiger partial charge is 0.339 e. The molecule has 8 heteroatoms. The van der Waals surface area contributed by atoms with E-state index in [1.807, 2.05) is 0 Å². The van der Waals surface area contributed by atoms with Crippen LogP contribution in [-0.4, -0.2) is 42.4 Å². The molecule has 1 rings (SSSR count). The molecule has 0 saturated heterocycles. The molecule has 0 saturated carbocycles. The van der Waals surface area contributed by atoms with Crippen LogP contribution >= 0.6 is 0 Å². The lowest BCUT2D eigenvalue weighted by molar-refractivity contribution is 0.0693. The van der Waals surface area contributed by atoms with Crippen molar-refractivity contribution in [1.82, 2.24) is 4.72 Å². The Hall–Kier alpha value is -1.64. The van der Waals surface area contributed by atoms with E-state index >= 15 is 0 Å². The predicted octanol–water partition coefficient (Wildman–Crippen LogP) is 0.448. The highest BCUT2D eigenvalue weighted by Gasteiger charge is 2.23. The van der Waals surface area contributed by atoms with E-state index in [4.69, 9.17) is 10.2 Å². The Morgan fingerprint density at radius 3 is 2.45 bits per heavy atom. The van der Waals surface area contributed by atoms with Gasteiger partial charge in [0.05, 0.1) is 11.5 Å². The zero-order chi connectivity index (χ0) is 15.5. The van der Waals surface area contributed by atoms with Crippen LogP contribution in [0.25, 0.3) is 0 Å². The summed E-state index contributed by atoms with van der Waals surface area (Å²) in [7, 11) is -3.97. The molecule has 0 aliphatic rings. The summed E-state index contributed by atoms with van der Waals surface area (Å²) in [5, 5.41) is 27.4. The Balaban J connectivity index is 3.31. The molecule has 0 fully saturated rings. The third kappa shape index (κ3) is 3.47. The van der Waals surface area contributed by atoms with Crippen molar-refractivity contribution in [3.05, 3.63) is 23.3 Å². The molecule has 0 aliphatic heterocycles. The predicted molar refractivity (Wildman–Crippen MR) is 71.3 cm³/mol. The van der Waals surface area contributed by atoms with Gasteiger partial charge < -0.3 is 15.3 Å². The van der Waals surface area contributed by atoms with Gasteiger partial charge in [-0.2, -0.15) is 0 Å². The van der Waals surface area contributed by atoms with Gasteiger partial charge in [-0.05, 0) is 31.0 Å². The van der Waals surface area contributed by atoms with E-state index in [2.05, 4.69) is 4.72 Å². The first-order valence-electron chi connectivity index (χ1n) is 5.93. The molecule has 0 unspecified atom stereocenters. The van der Waals surface area contributed by atoms with E-state index in [1.54, 1.807) is 6.92 Å². The molecule has 112 valence electrons. The average Bonchev–Trinajstić information content (AvgIpc) is 2.35. The maximum absolute atomic E-state index is 12.2. The highest BCUT2D eigenvalue weighted by molar-refractivity contribution is 7.89. The number of aryl methyl sites for hydroxylation is 1. The minimum atomic E-state index is -3.97. The topological polar surface area (TPSA) is 124 Å². The summed E-state index contributed by atoms with van der Waals surface area (Å²) in [5.74, 6) is -1.92. The number of hydrogen-bond donors (Lipinski definition) is 4. The van der Waals surface area contributed by atoms with Gasteiger partial charge in [-0.3, -0.25) is 0 Å². The maximum Gasteiger partial charge on any atom is 0.339 e. The minimum absolute atomic E-state index is 0.216. The van der Waals surface area contributed by atoms with Crippen molar-refractivity contribution in [3.8, 4) is 5.75 Å². The van der Waals surface area contributed by atoms with Crippen LogP contribution in [0.15, 0.2) is 17.0 Å². The second-order valence-electron chi connectivity index (χ2n) is 4.35. The lowest BCUT2D eigenvalue weighted by Crippen LogP contribution is -2.37.